The number of carboxylic acids is 1. The summed E-state index contributed by atoms with van der Waals surface area (Å²) in [6, 6.07) is 16.4. The highest BCUT2D eigenvalue weighted by Gasteiger charge is 2.52. The van der Waals surface area contributed by atoms with E-state index in [9.17, 15) is 9.90 Å². The van der Waals surface area contributed by atoms with Crippen molar-refractivity contribution in [1.29, 1.82) is 0 Å². The van der Waals surface area contributed by atoms with Gasteiger partial charge >= 0.3 is 5.97 Å². The summed E-state index contributed by atoms with van der Waals surface area (Å²) in [5.74, 6) is -0.313. The van der Waals surface area contributed by atoms with Crippen molar-refractivity contribution in [3.8, 4) is 16.9 Å². The summed E-state index contributed by atoms with van der Waals surface area (Å²) < 4.78 is 13.0. The van der Waals surface area contributed by atoms with E-state index in [0.29, 0.717) is 6.42 Å². The molecular formula is C24H28O4. The Kier molecular flexibility index (Phi) is 4.70. The van der Waals surface area contributed by atoms with Gasteiger partial charge in [-0.2, -0.15) is 0 Å². The first-order chi connectivity index (χ1) is 13.3. The maximum Gasteiger partial charge on any atom is 0.309 e. The van der Waals surface area contributed by atoms with Gasteiger partial charge in [-0.3, -0.25) is 4.79 Å². The molecule has 1 N–H and O–H groups in total. The van der Waals surface area contributed by atoms with Crippen LogP contribution in [0.1, 0.15) is 45.8 Å². The van der Waals surface area contributed by atoms with Gasteiger partial charge in [0.05, 0.1) is 18.1 Å². The fraction of sp³-hybridized carbons (Fsp3) is 0.458. The highest BCUT2D eigenvalue weighted by molar-refractivity contribution is 5.74. The van der Waals surface area contributed by atoms with E-state index < -0.39 is 17.5 Å². The van der Waals surface area contributed by atoms with E-state index in [-0.39, 0.29) is 24.0 Å². The summed E-state index contributed by atoms with van der Waals surface area (Å²) >= 11 is 0. The number of hydrogen-bond acceptors (Lipinski definition) is 3. The predicted octanol–water partition coefficient (Wildman–Crippen LogP) is 5.33. The Labute approximate surface area is 166 Å². The Morgan fingerprint density at radius 2 is 1.82 bits per heavy atom. The Bertz CT molecular complexity index is 871. The molecule has 2 heterocycles. The third kappa shape index (κ3) is 3.10. The first-order valence-electron chi connectivity index (χ1n) is 10.0. The van der Waals surface area contributed by atoms with Gasteiger partial charge in [0, 0.05) is 17.0 Å². The standard InChI is InChI=1S/C24H28O4/c1-14(2)20-18(23(25)26)13-19-22(27-20)17-12-8-11-16(15-9-6-5-7-10-15)21(17)28-24(19,3)4/h5-12,14,18-20,22H,13H2,1-4H3,(H,25,26)/t18-,19-,20-,22+/m1/s1. The van der Waals surface area contributed by atoms with Gasteiger partial charge < -0.3 is 14.6 Å². The molecule has 28 heavy (non-hydrogen) atoms. The minimum atomic E-state index is -0.781. The molecule has 4 rings (SSSR count). The summed E-state index contributed by atoms with van der Waals surface area (Å²) in [6.07, 6.45) is 0.0940. The van der Waals surface area contributed by atoms with Crippen LogP contribution in [0.15, 0.2) is 48.5 Å². The topological polar surface area (TPSA) is 55.8 Å². The number of fused-ring (bicyclic) bond motifs is 3. The summed E-state index contributed by atoms with van der Waals surface area (Å²) in [7, 11) is 0. The average Bonchev–Trinajstić information content (AvgIpc) is 2.67. The zero-order valence-corrected chi connectivity index (χ0v) is 16.9. The SMILES string of the molecule is CC(C)[C@H]1O[C@H]2c3cccc(-c4ccccc4)c3OC(C)(C)[C@@H]2C[C@H]1C(=O)O. The lowest BCUT2D eigenvalue weighted by Gasteiger charge is -2.51. The van der Waals surface area contributed by atoms with Gasteiger partial charge in [0.25, 0.3) is 0 Å². The molecule has 1 saturated heterocycles. The second-order valence-electron chi connectivity index (χ2n) is 8.85. The van der Waals surface area contributed by atoms with Crippen LogP contribution in [-0.4, -0.2) is 22.8 Å². The Morgan fingerprint density at radius 3 is 2.46 bits per heavy atom. The van der Waals surface area contributed by atoms with Crippen molar-refractivity contribution in [1.82, 2.24) is 0 Å². The molecule has 0 aromatic heterocycles. The summed E-state index contributed by atoms with van der Waals surface area (Å²) in [5.41, 5.74) is 2.67. The molecule has 0 aliphatic carbocycles. The van der Waals surface area contributed by atoms with Crippen molar-refractivity contribution in [3.63, 3.8) is 0 Å². The predicted molar refractivity (Wildman–Crippen MR) is 108 cm³/mol. The van der Waals surface area contributed by atoms with Crippen LogP contribution in [0.3, 0.4) is 0 Å². The van der Waals surface area contributed by atoms with E-state index in [1.165, 1.54) is 0 Å². The van der Waals surface area contributed by atoms with Gasteiger partial charge in [-0.1, -0.05) is 62.4 Å². The molecule has 0 saturated carbocycles. The number of hydrogen-bond donors (Lipinski definition) is 1. The van der Waals surface area contributed by atoms with Crippen LogP contribution < -0.4 is 4.74 Å². The van der Waals surface area contributed by atoms with Crippen LogP contribution in [0.4, 0.5) is 0 Å². The molecule has 2 aromatic carbocycles. The van der Waals surface area contributed by atoms with Gasteiger partial charge in [0.15, 0.2) is 0 Å². The van der Waals surface area contributed by atoms with Crippen LogP contribution in [0.25, 0.3) is 11.1 Å². The van der Waals surface area contributed by atoms with Crippen molar-refractivity contribution in [2.45, 2.75) is 51.9 Å². The highest BCUT2D eigenvalue weighted by Crippen LogP contribution is 2.54. The van der Waals surface area contributed by atoms with Gasteiger partial charge in [-0.15, -0.1) is 0 Å². The van der Waals surface area contributed by atoms with Crippen LogP contribution in [-0.2, 0) is 9.53 Å². The Hall–Kier alpha value is -2.33. The molecular weight excluding hydrogens is 352 g/mol. The van der Waals surface area contributed by atoms with E-state index in [0.717, 1.165) is 22.4 Å². The van der Waals surface area contributed by atoms with Crippen LogP contribution in [0.5, 0.6) is 5.75 Å². The maximum atomic E-state index is 11.9. The molecule has 4 nitrogen and oxygen atoms in total. The first-order valence-corrected chi connectivity index (χ1v) is 10.0. The van der Waals surface area contributed by atoms with Crippen molar-refractivity contribution < 1.29 is 19.4 Å². The monoisotopic (exact) mass is 380 g/mol. The van der Waals surface area contributed by atoms with Crippen molar-refractivity contribution in [2.75, 3.05) is 0 Å². The van der Waals surface area contributed by atoms with Gasteiger partial charge in [-0.25, -0.2) is 0 Å². The van der Waals surface area contributed by atoms with E-state index >= 15 is 0 Å². The van der Waals surface area contributed by atoms with E-state index in [1.54, 1.807) is 0 Å². The number of carboxylic acid groups (broad SMARTS) is 1. The minimum absolute atomic E-state index is 0.0119. The number of aliphatic carboxylic acids is 1. The first kappa shape index (κ1) is 19.0. The normalized spacial score (nSPS) is 28.2. The molecule has 0 unspecified atom stereocenters. The van der Waals surface area contributed by atoms with Crippen LogP contribution in [0.2, 0.25) is 0 Å². The minimum Gasteiger partial charge on any atom is -0.486 e. The summed E-state index contributed by atoms with van der Waals surface area (Å²) in [4.78, 5) is 11.9. The molecule has 0 amide bonds. The van der Waals surface area contributed by atoms with Crippen molar-refractivity contribution >= 4 is 5.97 Å². The zero-order valence-electron chi connectivity index (χ0n) is 16.9. The fourth-order valence-corrected chi connectivity index (χ4v) is 4.77. The molecule has 0 radical (unpaired) electrons. The molecule has 0 spiro atoms. The third-order valence-corrected chi connectivity index (χ3v) is 6.24. The largest absolute Gasteiger partial charge is 0.486 e. The highest BCUT2D eigenvalue weighted by atomic mass is 16.5. The second-order valence-corrected chi connectivity index (χ2v) is 8.85. The Morgan fingerprint density at radius 1 is 1.11 bits per heavy atom. The lowest BCUT2D eigenvalue weighted by molar-refractivity contribution is -0.195. The van der Waals surface area contributed by atoms with E-state index in [4.69, 9.17) is 9.47 Å². The molecule has 4 heteroatoms. The smallest absolute Gasteiger partial charge is 0.309 e. The van der Waals surface area contributed by atoms with Gasteiger partial charge in [0.2, 0.25) is 0 Å². The Balaban J connectivity index is 1.82. The molecule has 0 bridgehead atoms. The molecule has 2 aromatic rings. The molecule has 2 aliphatic heterocycles. The second kappa shape index (κ2) is 6.93. The van der Waals surface area contributed by atoms with Crippen LogP contribution in [0, 0.1) is 17.8 Å². The third-order valence-electron chi connectivity index (χ3n) is 6.24. The van der Waals surface area contributed by atoms with Crippen molar-refractivity contribution in [2.24, 2.45) is 17.8 Å². The summed E-state index contributed by atoms with van der Waals surface area (Å²) in [6.45, 7) is 8.17. The van der Waals surface area contributed by atoms with Crippen LogP contribution >= 0.6 is 0 Å². The number of rotatable bonds is 3. The number of ether oxygens (including phenoxy) is 2. The van der Waals surface area contributed by atoms with Gasteiger partial charge in [-0.05, 0) is 31.7 Å². The van der Waals surface area contributed by atoms with Crippen molar-refractivity contribution in [3.05, 3.63) is 54.1 Å². The quantitative estimate of drug-likeness (QED) is 0.782. The lowest BCUT2D eigenvalue weighted by Crippen LogP contribution is -2.53. The lowest BCUT2D eigenvalue weighted by atomic mass is 9.70. The number of benzene rings is 2. The summed E-state index contributed by atoms with van der Waals surface area (Å²) in [5, 5.41) is 9.79. The molecule has 4 atom stereocenters. The molecule has 1 fully saturated rings. The van der Waals surface area contributed by atoms with E-state index in [2.05, 4.69) is 24.3 Å². The average molecular weight is 380 g/mol. The fourth-order valence-electron chi connectivity index (χ4n) is 4.77. The molecule has 2 aliphatic rings. The number of para-hydroxylation sites is 1. The molecule has 148 valence electrons. The van der Waals surface area contributed by atoms with E-state index in [1.807, 2.05) is 52.0 Å². The number of carbonyl (C=O) groups is 1. The zero-order chi connectivity index (χ0) is 20.1. The van der Waals surface area contributed by atoms with Gasteiger partial charge in [0.1, 0.15) is 11.4 Å². The maximum absolute atomic E-state index is 11.9.